The number of carbonyl (C=O) groups excluding carboxylic acids is 1. The molecule has 0 N–H and O–H groups in total. The number of allylic oxidation sites excluding steroid dienone is 1. The molecule has 0 spiro atoms. The molecule has 2 aromatic rings. The van der Waals surface area contributed by atoms with E-state index in [0.717, 1.165) is 0 Å². The normalized spacial score (nSPS) is 10.3. The molecule has 0 atom stereocenters. The molecule has 2 nitrogen and oxygen atoms in total. The fourth-order valence-corrected chi connectivity index (χ4v) is 2.29. The maximum Gasteiger partial charge on any atom is 0.194 e. The summed E-state index contributed by atoms with van der Waals surface area (Å²) in [5.41, 5.74) is 0.944. The summed E-state index contributed by atoms with van der Waals surface area (Å²) in [6.07, 6.45) is 0. The summed E-state index contributed by atoms with van der Waals surface area (Å²) in [5.74, 6) is -0.383. The molecule has 0 fully saturated rings. The summed E-state index contributed by atoms with van der Waals surface area (Å²) >= 11 is 12.1. The molecule has 0 saturated carbocycles. The van der Waals surface area contributed by atoms with Crippen molar-refractivity contribution in [3.63, 3.8) is 0 Å². The maximum absolute atomic E-state index is 12.9. The average molecular weight is 325 g/mol. The highest BCUT2D eigenvalue weighted by Crippen LogP contribution is 2.36. The Morgan fingerprint density at radius 1 is 1.10 bits per heavy atom. The van der Waals surface area contributed by atoms with Gasteiger partial charge in [-0.1, -0.05) is 41.9 Å². The van der Waals surface area contributed by atoms with E-state index in [1.165, 1.54) is 37.4 Å². The van der Waals surface area contributed by atoms with Crippen LogP contribution in [0.15, 0.2) is 43.0 Å². The van der Waals surface area contributed by atoms with Crippen LogP contribution in [0, 0.1) is 5.82 Å². The van der Waals surface area contributed by atoms with Gasteiger partial charge in [0.15, 0.2) is 5.78 Å². The van der Waals surface area contributed by atoms with Gasteiger partial charge in [0, 0.05) is 11.1 Å². The maximum atomic E-state index is 12.9. The van der Waals surface area contributed by atoms with Crippen molar-refractivity contribution in [2.24, 2.45) is 0 Å². The van der Waals surface area contributed by atoms with E-state index in [2.05, 4.69) is 6.58 Å². The minimum Gasteiger partial charge on any atom is -0.495 e. The lowest BCUT2D eigenvalue weighted by molar-refractivity contribution is 0.105. The Morgan fingerprint density at radius 3 is 2.29 bits per heavy atom. The number of Topliss-reactive ketones (excluding diaryl/α,β-unsaturated/α-hetero) is 1. The zero-order chi connectivity index (χ0) is 15.6. The van der Waals surface area contributed by atoms with Gasteiger partial charge in [0.25, 0.3) is 0 Å². The molecule has 108 valence electrons. The molecule has 21 heavy (non-hydrogen) atoms. The van der Waals surface area contributed by atoms with Gasteiger partial charge in [-0.25, -0.2) is 4.39 Å². The van der Waals surface area contributed by atoms with Crippen molar-refractivity contribution in [2.45, 2.75) is 0 Å². The van der Waals surface area contributed by atoms with Crippen molar-refractivity contribution in [3.05, 3.63) is 70.0 Å². The van der Waals surface area contributed by atoms with E-state index in [1.807, 2.05) is 0 Å². The van der Waals surface area contributed by atoms with E-state index in [-0.39, 0.29) is 32.8 Å². The zero-order valence-corrected chi connectivity index (χ0v) is 12.6. The standard InChI is InChI=1S/C16H11Cl2FO2/c1-9(10-3-5-11(19)6-4-10)16(20)12-7-8-13(21-2)15(18)14(12)17/h3-8H,1H2,2H3. The third kappa shape index (κ3) is 3.09. The zero-order valence-electron chi connectivity index (χ0n) is 11.1. The van der Waals surface area contributed by atoms with Gasteiger partial charge in [0.1, 0.15) is 16.6 Å². The first-order chi connectivity index (χ1) is 9.95. The number of rotatable bonds is 4. The third-order valence-corrected chi connectivity index (χ3v) is 3.84. The SMILES string of the molecule is C=C(C(=O)c1ccc(OC)c(Cl)c1Cl)c1ccc(F)cc1. The molecule has 5 heteroatoms. The van der Waals surface area contributed by atoms with E-state index in [0.29, 0.717) is 11.3 Å². The minimum absolute atomic E-state index is 0.101. The van der Waals surface area contributed by atoms with Crippen LogP contribution in [-0.4, -0.2) is 12.9 Å². The van der Waals surface area contributed by atoms with E-state index in [9.17, 15) is 9.18 Å². The molecule has 0 aliphatic rings. The van der Waals surface area contributed by atoms with Gasteiger partial charge in [-0.3, -0.25) is 4.79 Å². The molecule has 0 amide bonds. The van der Waals surface area contributed by atoms with Crippen LogP contribution >= 0.6 is 23.2 Å². The third-order valence-electron chi connectivity index (χ3n) is 2.98. The molecule has 0 bridgehead atoms. The number of ketones is 1. The van der Waals surface area contributed by atoms with E-state index in [4.69, 9.17) is 27.9 Å². The summed E-state index contributed by atoms with van der Waals surface area (Å²) in [6.45, 7) is 3.74. The molecule has 0 aliphatic carbocycles. The monoisotopic (exact) mass is 324 g/mol. The van der Waals surface area contributed by atoms with Crippen LogP contribution in [0.1, 0.15) is 15.9 Å². The van der Waals surface area contributed by atoms with Crippen LogP contribution < -0.4 is 4.74 Å². The van der Waals surface area contributed by atoms with Gasteiger partial charge >= 0.3 is 0 Å². The average Bonchev–Trinajstić information content (AvgIpc) is 2.49. The van der Waals surface area contributed by atoms with Crippen molar-refractivity contribution in [3.8, 4) is 5.75 Å². The predicted octanol–water partition coefficient (Wildman–Crippen LogP) is 5.04. The van der Waals surface area contributed by atoms with Crippen molar-refractivity contribution in [1.82, 2.24) is 0 Å². The van der Waals surface area contributed by atoms with E-state index in [1.54, 1.807) is 6.07 Å². The number of methoxy groups -OCH3 is 1. The van der Waals surface area contributed by atoms with Crippen LogP contribution in [0.3, 0.4) is 0 Å². The molecule has 0 heterocycles. The largest absolute Gasteiger partial charge is 0.495 e. The summed E-state index contributed by atoms with van der Waals surface area (Å²) in [6, 6.07) is 8.56. The smallest absolute Gasteiger partial charge is 0.194 e. The molecule has 0 aliphatic heterocycles. The van der Waals surface area contributed by atoms with Gasteiger partial charge in [0.2, 0.25) is 0 Å². The summed E-state index contributed by atoms with van der Waals surface area (Å²) in [7, 11) is 1.45. The molecule has 0 saturated heterocycles. The van der Waals surface area contributed by atoms with Gasteiger partial charge in [-0.05, 0) is 29.8 Å². The number of ether oxygens (including phenoxy) is 1. The fraction of sp³-hybridized carbons (Fsp3) is 0.0625. The van der Waals surface area contributed by atoms with Crippen LogP contribution in [0.2, 0.25) is 10.0 Å². The summed E-state index contributed by atoms with van der Waals surface area (Å²) in [5, 5.41) is 0.265. The molecule has 0 aromatic heterocycles. The first-order valence-electron chi connectivity index (χ1n) is 5.97. The minimum atomic E-state index is -0.385. The Morgan fingerprint density at radius 2 is 1.71 bits per heavy atom. The molecular formula is C16H11Cl2FO2. The first-order valence-corrected chi connectivity index (χ1v) is 6.72. The van der Waals surface area contributed by atoms with Gasteiger partial charge in [0.05, 0.1) is 12.1 Å². The highest BCUT2D eigenvalue weighted by molar-refractivity contribution is 6.46. The van der Waals surface area contributed by atoms with Crippen LogP contribution in [0.4, 0.5) is 4.39 Å². The number of carbonyl (C=O) groups is 1. The van der Waals surface area contributed by atoms with Gasteiger partial charge in [-0.2, -0.15) is 0 Å². The summed E-state index contributed by atoms with van der Waals surface area (Å²) < 4.78 is 17.9. The van der Waals surface area contributed by atoms with Crippen LogP contribution in [-0.2, 0) is 0 Å². The Hall–Kier alpha value is -1.84. The molecule has 0 radical (unpaired) electrons. The fourth-order valence-electron chi connectivity index (χ4n) is 1.81. The van der Waals surface area contributed by atoms with E-state index >= 15 is 0 Å². The lowest BCUT2D eigenvalue weighted by Crippen LogP contribution is -2.03. The number of halogens is 3. The molecule has 2 rings (SSSR count). The molecule has 0 unspecified atom stereocenters. The van der Waals surface area contributed by atoms with Gasteiger partial charge < -0.3 is 4.74 Å². The Balaban J connectivity index is 2.38. The molecular weight excluding hydrogens is 314 g/mol. The van der Waals surface area contributed by atoms with Crippen molar-refractivity contribution >= 4 is 34.6 Å². The lowest BCUT2D eigenvalue weighted by Gasteiger charge is -2.10. The highest BCUT2D eigenvalue weighted by Gasteiger charge is 2.19. The second kappa shape index (κ2) is 6.29. The quantitative estimate of drug-likeness (QED) is 0.582. The first kappa shape index (κ1) is 15.5. The Labute approximate surface area is 131 Å². The molecule has 2 aromatic carbocycles. The Bertz CT molecular complexity index is 709. The van der Waals surface area contributed by atoms with E-state index < -0.39 is 0 Å². The van der Waals surface area contributed by atoms with Crippen molar-refractivity contribution in [2.75, 3.05) is 7.11 Å². The van der Waals surface area contributed by atoms with Crippen molar-refractivity contribution < 1.29 is 13.9 Å². The lowest BCUT2D eigenvalue weighted by atomic mass is 9.98. The Kier molecular flexibility index (Phi) is 4.66. The number of benzene rings is 2. The van der Waals surface area contributed by atoms with Crippen molar-refractivity contribution in [1.29, 1.82) is 0 Å². The van der Waals surface area contributed by atoms with Crippen LogP contribution in [0.25, 0.3) is 5.57 Å². The topological polar surface area (TPSA) is 26.3 Å². The van der Waals surface area contributed by atoms with Gasteiger partial charge in [-0.15, -0.1) is 0 Å². The number of hydrogen-bond donors (Lipinski definition) is 0. The second-order valence-corrected chi connectivity index (χ2v) is 5.01. The van der Waals surface area contributed by atoms with Crippen LogP contribution in [0.5, 0.6) is 5.75 Å². The predicted molar refractivity (Wildman–Crippen MR) is 82.8 cm³/mol. The number of hydrogen-bond acceptors (Lipinski definition) is 2. The highest BCUT2D eigenvalue weighted by atomic mass is 35.5. The summed E-state index contributed by atoms with van der Waals surface area (Å²) in [4.78, 5) is 12.4. The second-order valence-electron chi connectivity index (χ2n) is 4.26.